The van der Waals surface area contributed by atoms with Crippen LogP contribution in [0.1, 0.15) is 6.42 Å². The number of ether oxygens (including phenoxy) is 1. The summed E-state index contributed by atoms with van der Waals surface area (Å²) in [4.78, 5) is 10.4. The van der Waals surface area contributed by atoms with Gasteiger partial charge in [0, 0.05) is 18.2 Å². The molecule has 0 N–H and O–H groups in total. The second-order valence-corrected chi connectivity index (χ2v) is 2.31. The highest BCUT2D eigenvalue weighted by Gasteiger charge is 2.04. The fourth-order valence-corrected chi connectivity index (χ4v) is 0.620. The van der Waals surface area contributed by atoms with Crippen molar-refractivity contribution in [3.8, 4) is 0 Å². The smallest absolute Gasteiger partial charge is 0.330 e. The van der Waals surface area contributed by atoms with Crippen LogP contribution in [0, 0.1) is 0 Å². The predicted octanol–water partition coefficient (Wildman–Crippen LogP) is 1.37. The van der Waals surface area contributed by atoms with Gasteiger partial charge in [0.05, 0.1) is 6.61 Å². The van der Waals surface area contributed by atoms with E-state index in [9.17, 15) is 9.18 Å². The van der Waals surface area contributed by atoms with Gasteiger partial charge < -0.3 is 4.74 Å². The van der Waals surface area contributed by atoms with Crippen molar-refractivity contribution in [2.45, 2.75) is 12.6 Å². The van der Waals surface area contributed by atoms with Crippen molar-refractivity contribution in [3.63, 3.8) is 0 Å². The normalized spacial score (nSPS) is 12.2. The number of alkyl halides is 1. The zero-order chi connectivity index (χ0) is 8.69. The summed E-state index contributed by atoms with van der Waals surface area (Å²) in [6, 6.07) is 0. The van der Waals surface area contributed by atoms with E-state index in [1.807, 2.05) is 0 Å². The van der Waals surface area contributed by atoms with Crippen LogP contribution in [-0.2, 0) is 9.53 Å². The van der Waals surface area contributed by atoms with Gasteiger partial charge in [-0.2, -0.15) is 12.6 Å². The average molecular weight is 178 g/mol. The van der Waals surface area contributed by atoms with Crippen molar-refractivity contribution in [1.29, 1.82) is 0 Å². The van der Waals surface area contributed by atoms with Gasteiger partial charge in [-0.05, 0) is 0 Å². The maximum atomic E-state index is 12.4. The highest BCUT2D eigenvalue weighted by atomic mass is 32.1. The van der Waals surface area contributed by atoms with Gasteiger partial charge in [0.25, 0.3) is 0 Å². The Morgan fingerprint density at radius 1 is 1.82 bits per heavy atom. The van der Waals surface area contributed by atoms with Gasteiger partial charge in [0.1, 0.15) is 6.17 Å². The molecule has 0 aliphatic rings. The first-order valence-electron chi connectivity index (χ1n) is 3.24. The molecule has 0 saturated carbocycles. The topological polar surface area (TPSA) is 26.3 Å². The standard InChI is InChI=1S/C7H11FO2S/c1-2-7(9)10-4-3-6(8)5-11/h2,6,11H,1,3-5H2. The summed E-state index contributed by atoms with van der Waals surface area (Å²) >= 11 is 3.73. The number of esters is 1. The Morgan fingerprint density at radius 3 is 2.91 bits per heavy atom. The van der Waals surface area contributed by atoms with Crippen LogP contribution in [0.5, 0.6) is 0 Å². The lowest BCUT2D eigenvalue weighted by molar-refractivity contribution is -0.138. The summed E-state index contributed by atoms with van der Waals surface area (Å²) in [5, 5.41) is 0. The minimum atomic E-state index is -1.00. The van der Waals surface area contributed by atoms with Gasteiger partial charge in [-0.1, -0.05) is 6.58 Å². The van der Waals surface area contributed by atoms with Gasteiger partial charge in [-0.15, -0.1) is 0 Å². The molecule has 0 rings (SSSR count). The van der Waals surface area contributed by atoms with Gasteiger partial charge in [0.15, 0.2) is 0 Å². The molecule has 1 atom stereocenters. The molecule has 0 amide bonds. The van der Waals surface area contributed by atoms with E-state index in [4.69, 9.17) is 0 Å². The number of thiol groups is 1. The summed E-state index contributed by atoms with van der Waals surface area (Å²) in [5.41, 5.74) is 0. The third-order valence-corrected chi connectivity index (χ3v) is 1.44. The second kappa shape index (κ2) is 6.22. The number of rotatable bonds is 5. The van der Waals surface area contributed by atoms with Crippen molar-refractivity contribution in [2.24, 2.45) is 0 Å². The van der Waals surface area contributed by atoms with E-state index < -0.39 is 12.1 Å². The molecule has 0 saturated heterocycles. The van der Waals surface area contributed by atoms with Gasteiger partial charge >= 0.3 is 5.97 Å². The average Bonchev–Trinajstić information content (AvgIpc) is 2.04. The molecule has 11 heavy (non-hydrogen) atoms. The lowest BCUT2D eigenvalue weighted by Crippen LogP contribution is -2.09. The number of halogens is 1. The van der Waals surface area contributed by atoms with Crippen molar-refractivity contribution >= 4 is 18.6 Å². The molecule has 0 aromatic heterocycles. The number of hydrogen-bond acceptors (Lipinski definition) is 3. The molecule has 0 fully saturated rings. The number of carbonyl (C=O) groups excluding carboxylic acids is 1. The summed E-state index contributed by atoms with van der Waals surface area (Å²) < 4.78 is 16.9. The molecule has 4 heteroatoms. The summed E-state index contributed by atoms with van der Waals surface area (Å²) in [6.07, 6.45) is 0.243. The van der Waals surface area contributed by atoms with Crippen molar-refractivity contribution in [2.75, 3.05) is 12.4 Å². The van der Waals surface area contributed by atoms with Crippen molar-refractivity contribution < 1.29 is 13.9 Å². The Hall–Kier alpha value is -0.510. The van der Waals surface area contributed by atoms with E-state index in [0.717, 1.165) is 6.08 Å². The molecule has 0 aliphatic carbocycles. The Morgan fingerprint density at radius 2 is 2.45 bits per heavy atom. The maximum absolute atomic E-state index is 12.4. The molecule has 64 valence electrons. The first-order chi connectivity index (χ1) is 5.20. The molecular formula is C7H11FO2S. The summed E-state index contributed by atoms with van der Waals surface area (Å²) in [5.74, 6) is -0.359. The number of hydrogen-bond donors (Lipinski definition) is 1. The molecule has 0 spiro atoms. The number of carbonyl (C=O) groups is 1. The summed E-state index contributed by atoms with van der Waals surface area (Å²) in [7, 11) is 0. The Labute approximate surface area is 70.8 Å². The molecule has 0 radical (unpaired) electrons. The van der Waals surface area contributed by atoms with E-state index in [-0.39, 0.29) is 18.8 Å². The molecule has 1 unspecified atom stereocenters. The molecule has 0 aromatic rings. The van der Waals surface area contributed by atoms with E-state index in [0.29, 0.717) is 0 Å². The quantitative estimate of drug-likeness (QED) is 0.391. The van der Waals surface area contributed by atoms with Crippen LogP contribution in [0.4, 0.5) is 4.39 Å². The van der Waals surface area contributed by atoms with Crippen LogP contribution in [0.2, 0.25) is 0 Å². The molecule has 2 nitrogen and oxygen atoms in total. The van der Waals surface area contributed by atoms with Crippen molar-refractivity contribution in [3.05, 3.63) is 12.7 Å². The van der Waals surface area contributed by atoms with Crippen LogP contribution in [0.3, 0.4) is 0 Å². The van der Waals surface area contributed by atoms with Crippen molar-refractivity contribution in [1.82, 2.24) is 0 Å². The summed E-state index contributed by atoms with van der Waals surface area (Å²) in [6.45, 7) is 3.29. The predicted molar refractivity (Wildman–Crippen MR) is 44.5 cm³/mol. The van der Waals surface area contributed by atoms with E-state index in [2.05, 4.69) is 23.9 Å². The first kappa shape index (κ1) is 10.5. The fraction of sp³-hybridized carbons (Fsp3) is 0.571. The van der Waals surface area contributed by atoms with Crippen LogP contribution >= 0.6 is 12.6 Å². The monoisotopic (exact) mass is 178 g/mol. The highest BCUT2D eigenvalue weighted by molar-refractivity contribution is 7.80. The fourth-order valence-electron chi connectivity index (χ4n) is 0.438. The Kier molecular flexibility index (Phi) is 5.93. The largest absolute Gasteiger partial charge is 0.462 e. The minimum Gasteiger partial charge on any atom is -0.462 e. The minimum absolute atomic E-state index is 0.0899. The molecule has 0 aromatic carbocycles. The Bertz CT molecular complexity index is 138. The van der Waals surface area contributed by atoms with Crippen LogP contribution in [0.25, 0.3) is 0 Å². The SMILES string of the molecule is C=CC(=O)OCCC(F)CS. The van der Waals surface area contributed by atoms with E-state index >= 15 is 0 Å². The lowest BCUT2D eigenvalue weighted by Gasteiger charge is -2.03. The molecule has 0 aliphatic heterocycles. The van der Waals surface area contributed by atoms with Gasteiger partial charge in [-0.3, -0.25) is 0 Å². The third-order valence-electron chi connectivity index (χ3n) is 1.04. The van der Waals surface area contributed by atoms with Gasteiger partial charge in [0.2, 0.25) is 0 Å². The lowest BCUT2D eigenvalue weighted by atomic mass is 10.3. The van der Waals surface area contributed by atoms with Crippen LogP contribution in [-0.4, -0.2) is 24.5 Å². The van der Waals surface area contributed by atoms with E-state index in [1.165, 1.54) is 0 Å². The Balaban J connectivity index is 3.26. The van der Waals surface area contributed by atoms with Crippen LogP contribution < -0.4 is 0 Å². The molecule has 0 bridgehead atoms. The first-order valence-corrected chi connectivity index (χ1v) is 3.88. The second-order valence-electron chi connectivity index (χ2n) is 1.94. The highest BCUT2D eigenvalue weighted by Crippen LogP contribution is 1.99. The third kappa shape index (κ3) is 5.91. The van der Waals surface area contributed by atoms with Gasteiger partial charge in [-0.25, -0.2) is 9.18 Å². The zero-order valence-electron chi connectivity index (χ0n) is 6.12. The molecule has 0 heterocycles. The molecular weight excluding hydrogens is 167 g/mol. The maximum Gasteiger partial charge on any atom is 0.330 e. The van der Waals surface area contributed by atoms with E-state index in [1.54, 1.807) is 0 Å². The van der Waals surface area contributed by atoms with Crippen LogP contribution in [0.15, 0.2) is 12.7 Å². The zero-order valence-corrected chi connectivity index (χ0v) is 7.02.